The summed E-state index contributed by atoms with van der Waals surface area (Å²) in [7, 11) is 0. The van der Waals surface area contributed by atoms with Crippen molar-refractivity contribution < 1.29 is 14.3 Å². The third-order valence-electron chi connectivity index (χ3n) is 4.97. The molecule has 2 aliphatic rings. The van der Waals surface area contributed by atoms with Gasteiger partial charge in [0.15, 0.2) is 0 Å². The Kier molecular flexibility index (Phi) is 4.59. The summed E-state index contributed by atoms with van der Waals surface area (Å²) in [6.45, 7) is 4.27. The molecule has 5 heteroatoms. The number of benzene rings is 3. The Hall–Kier alpha value is -3.60. The number of rotatable bonds is 4. The predicted molar refractivity (Wildman–Crippen MR) is 114 cm³/mol. The molecule has 1 aliphatic heterocycles. The molecule has 1 aliphatic carbocycles. The molecule has 146 valence electrons. The lowest BCUT2D eigenvalue weighted by Crippen LogP contribution is -2.05. The largest absolute Gasteiger partial charge is 0.478 e. The van der Waals surface area contributed by atoms with Crippen LogP contribution in [0.1, 0.15) is 29.8 Å². The average molecular weight is 386 g/mol. The van der Waals surface area contributed by atoms with Gasteiger partial charge in [0.2, 0.25) is 0 Å². The van der Waals surface area contributed by atoms with E-state index in [2.05, 4.69) is 13.8 Å². The van der Waals surface area contributed by atoms with Crippen molar-refractivity contribution in [2.45, 2.75) is 20.3 Å². The minimum absolute atomic E-state index is 0.234. The molecule has 2 aromatic carbocycles. The average Bonchev–Trinajstić information content (AvgIpc) is 2.65. The number of nitrogens with one attached hydrogen (secondary N) is 1. The van der Waals surface area contributed by atoms with E-state index in [0.29, 0.717) is 33.9 Å². The topological polar surface area (TPSA) is 100 Å². The van der Waals surface area contributed by atoms with E-state index in [9.17, 15) is 9.90 Å². The second kappa shape index (κ2) is 7.09. The van der Waals surface area contributed by atoms with Crippen LogP contribution in [0.4, 0.5) is 5.69 Å². The lowest BCUT2D eigenvalue weighted by Gasteiger charge is -2.18. The van der Waals surface area contributed by atoms with E-state index >= 15 is 0 Å². The van der Waals surface area contributed by atoms with E-state index in [4.69, 9.17) is 15.6 Å². The molecule has 4 rings (SSSR count). The molecule has 0 bridgehead atoms. The highest BCUT2D eigenvalue weighted by Crippen LogP contribution is 2.42. The van der Waals surface area contributed by atoms with Gasteiger partial charge in [-0.1, -0.05) is 26.0 Å². The highest BCUT2D eigenvalue weighted by atomic mass is 16.4. The van der Waals surface area contributed by atoms with E-state index in [1.54, 1.807) is 30.3 Å². The maximum absolute atomic E-state index is 12.0. The normalized spacial score (nSPS) is 11.4. The lowest BCUT2D eigenvalue weighted by molar-refractivity contribution is 0.0697. The van der Waals surface area contributed by atoms with E-state index in [-0.39, 0.29) is 5.56 Å². The molecule has 0 atom stereocenters. The fourth-order valence-corrected chi connectivity index (χ4v) is 3.78. The number of carboxylic acid groups (broad SMARTS) is 1. The maximum Gasteiger partial charge on any atom is 0.336 e. The molecule has 2 aromatic rings. The van der Waals surface area contributed by atoms with Crippen LogP contribution in [0.2, 0.25) is 0 Å². The molecular formula is C24H22N2O3. The summed E-state index contributed by atoms with van der Waals surface area (Å²) >= 11 is 0. The SMILES string of the molecule is CC(C)Cc1ccc(C(=O)O)c(-c2c3ccc(=N)cc-3oc3cc(N)ccc23)c1. The van der Waals surface area contributed by atoms with Crippen molar-refractivity contribution in [1.29, 1.82) is 5.41 Å². The number of carbonyl (C=O) groups is 1. The molecule has 0 amide bonds. The Labute approximate surface area is 168 Å². The number of carboxylic acids is 1. The van der Waals surface area contributed by atoms with Crippen molar-refractivity contribution in [2.75, 3.05) is 5.73 Å². The molecule has 0 unspecified atom stereocenters. The zero-order chi connectivity index (χ0) is 20.7. The van der Waals surface area contributed by atoms with Gasteiger partial charge in [0.05, 0.1) is 10.9 Å². The van der Waals surface area contributed by atoms with Gasteiger partial charge in [-0.15, -0.1) is 0 Å². The van der Waals surface area contributed by atoms with Crippen LogP contribution in [0.5, 0.6) is 0 Å². The van der Waals surface area contributed by atoms with Crippen molar-refractivity contribution in [3.05, 3.63) is 71.1 Å². The first-order chi connectivity index (χ1) is 13.8. The molecule has 4 N–H and O–H groups in total. The van der Waals surface area contributed by atoms with Crippen LogP contribution < -0.4 is 11.1 Å². The van der Waals surface area contributed by atoms with Gasteiger partial charge in [-0.3, -0.25) is 0 Å². The van der Waals surface area contributed by atoms with Crippen LogP contribution in [0.25, 0.3) is 33.4 Å². The molecule has 0 spiro atoms. The quantitative estimate of drug-likeness (QED) is 0.333. The fourth-order valence-electron chi connectivity index (χ4n) is 3.78. The van der Waals surface area contributed by atoms with Crippen LogP contribution in [0, 0.1) is 11.3 Å². The van der Waals surface area contributed by atoms with Gasteiger partial charge < -0.3 is 20.7 Å². The third kappa shape index (κ3) is 3.47. The summed E-state index contributed by atoms with van der Waals surface area (Å²) in [5, 5.41) is 18.9. The zero-order valence-electron chi connectivity index (χ0n) is 16.3. The first-order valence-corrected chi connectivity index (χ1v) is 9.51. The maximum atomic E-state index is 12.0. The number of aromatic carboxylic acids is 1. The second-order valence-electron chi connectivity index (χ2n) is 7.73. The van der Waals surface area contributed by atoms with E-state index in [1.807, 2.05) is 24.3 Å². The summed E-state index contributed by atoms with van der Waals surface area (Å²) in [5.74, 6) is -0.00888. The van der Waals surface area contributed by atoms with E-state index in [1.165, 1.54) is 0 Å². The van der Waals surface area contributed by atoms with Crippen molar-refractivity contribution in [3.63, 3.8) is 0 Å². The predicted octanol–water partition coefficient (Wildman–Crippen LogP) is 5.16. The first kappa shape index (κ1) is 18.7. The van der Waals surface area contributed by atoms with Crippen molar-refractivity contribution in [3.8, 4) is 22.5 Å². The van der Waals surface area contributed by atoms with Crippen LogP contribution >= 0.6 is 0 Å². The molecular weight excluding hydrogens is 364 g/mol. The molecule has 0 fully saturated rings. The molecule has 0 saturated heterocycles. The minimum atomic E-state index is -0.981. The zero-order valence-corrected chi connectivity index (χ0v) is 16.3. The number of nitrogen functional groups attached to an aromatic ring is 1. The van der Waals surface area contributed by atoms with Gasteiger partial charge in [0.25, 0.3) is 0 Å². The van der Waals surface area contributed by atoms with Gasteiger partial charge in [0.1, 0.15) is 11.3 Å². The Bertz CT molecular complexity index is 1270. The highest BCUT2D eigenvalue weighted by Gasteiger charge is 2.22. The van der Waals surface area contributed by atoms with Crippen molar-refractivity contribution in [1.82, 2.24) is 0 Å². The molecule has 1 heterocycles. The van der Waals surface area contributed by atoms with Crippen LogP contribution in [-0.2, 0) is 6.42 Å². The summed E-state index contributed by atoms with van der Waals surface area (Å²) in [5.41, 5.74) is 10.6. The number of nitrogens with two attached hydrogens (primary N) is 1. The van der Waals surface area contributed by atoms with Crippen molar-refractivity contribution >= 4 is 22.6 Å². The number of hydrogen-bond acceptors (Lipinski definition) is 4. The Morgan fingerprint density at radius 2 is 1.86 bits per heavy atom. The Balaban J connectivity index is 2.14. The van der Waals surface area contributed by atoms with E-state index in [0.717, 1.165) is 28.5 Å². The molecule has 0 radical (unpaired) electrons. The third-order valence-corrected chi connectivity index (χ3v) is 4.97. The fraction of sp³-hybridized carbons (Fsp3) is 0.167. The molecule has 5 nitrogen and oxygen atoms in total. The van der Waals surface area contributed by atoms with E-state index < -0.39 is 5.97 Å². The molecule has 0 aromatic heterocycles. The summed E-state index contributed by atoms with van der Waals surface area (Å²) in [6.07, 6.45) is 0.851. The summed E-state index contributed by atoms with van der Waals surface area (Å²) < 4.78 is 6.02. The monoisotopic (exact) mass is 386 g/mol. The molecule has 0 saturated carbocycles. The first-order valence-electron chi connectivity index (χ1n) is 9.51. The van der Waals surface area contributed by atoms with Gasteiger partial charge in [-0.2, -0.15) is 0 Å². The smallest absolute Gasteiger partial charge is 0.336 e. The van der Waals surface area contributed by atoms with Gasteiger partial charge in [-0.25, -0.2) is 4.79 Å². The number of fused-ring (bicyclic) bond motifs is 2. The Morgan fingerprint density at radius 3 is 2.59 bits per heavy atom. The lowest BCUT2D eigenvalue weighted by atomic mass is 9.88. The second-order valence-corrected chi connectivity index (χ2v) is 7.73. The van der Waals surface area contributed by atoms with Crippen LogP contribution in [0.3, 0.4) is 0 Å². The highest BCUT2D eigenvalue weighted by molar-refractivity contribution is 6.07. The van der Waals surface area contributed by atoms with Gasteiger partial charge >= 0.3 is 5.97 Å². The minimum Gasteiger partial charge on any atom is -0.478 e. The summed E-state index contributed by atoms with van der Waals surface area (Å²) in [4.78, 5) is 12.0. The number of hydrogen-bond donors (Lipinski definition) is 3. The van der Waals surface area contributed by atoms with Crippen molar-refractivity contribution in [2.24, 2.45) is 5.92 Å². The van der Waals surface area contributed by atoms with Gasteiger partial charge in [0, 0.05) is 34.3 Å². The number of anilines is 1. The molecule has 29 heavy (non-hydrogen) atoms. The van der Waals surface area contributed by atoms with Crippen LogP contribution in [0.15, 0.2) is 59.0 Å². The standard InChI is InChI=1S/C24H22N2O3/c1-13(2)9-14-3-6-17(24(27)28)20(10-14)23-18-7-4-15(25)11-21(18)29-22-12-16(26)5-8-19(22)23/h3-8,10-13,25H,9,26H2,1-2H3,(H,27,28). The Morgan fingerprint density at radius 1 is 1.07 bits per heavy atom. The summed E-state index contributed by atoms with van der Waals surface area (Å²) in [6, 6.07) is 16.0. The van der Waals surface area contributed by atoms with Crippen LogP contribution in [-0.4, -0.2) is 11.1 Å². The van der Waals surface area contributed by atoms with Gasteiger partial charge in [-0.05, 0) is 53.8 Å².